The summed E-state index contributed by atoms with van der Waals surface area (Å²) in [6, 6.07) is 13.4. The Morgan fingerprint density at radius 1 is 1.11 bits per heavy atom. The lowest BCUT2D eigenvalue weighted by atomic mass is 10.1. The molecule has 2 aromatic carbocycles. The van der Waals surface area contributed by atoms with E-state index in [-0.39, 0.29) is 18.2 Å². The molecule has 0 aliphatic heterocycles. The third-order valence-electron chi connectivity index (χ3n) is 4.02. The number of halogens is 1. The molecular formula is C20H20FN3O3. The summed E-state index contributed by atoms with van der Waals surface area (Å²) in [5, 5.41) is 4.13. The van der Waals surface area contributed by atoms with Crippen LogP contribution in [-0.4, -0.2) is 41.0 Å². The van der Waals surface area contributed by atoms with Crippen LogP contribution in [0.25, 0.3) is 11.4 Å². The lowest BCUT2D eigenvalue weighted by Gasteiger charge is -2.06. The Kier molecular flexibility index (Phi) is 5.93. The van der Waals surface area contributed by atoms with Crippen LogP contribution in [0.3, 0.4) is 0 Å². The summed E-state index contributed by atoms with van der Waals surface area (Å²) in [6.45, 7) is 2.65. The lowest BCUT2D eigenvalue weighted by Crippen LogP contribution is -2.17. The van der Waals surface area contributed by atoms with Crippen LogP contribution in [0.1, 0.15) is 22.8 Å². The second-order valence-electron chi connectivity index (χ2n) is 5.81. The van der Waals surface area contributed by atoms with Crippen LogP contribution < -0.4 is 4.74 Å². The molecule has 6 nitrogen and oxygen atoms in total. The van der Waals surface area contributed by atoms with Crippen LogP contribution in [-0.2, 0) is 11.2 Å². The maximum absolute atomic E-state index is 14.1. The van der Waals surface area contributed by atoms with Crippen LogP contribution in [0.15, 0.2) is 48.5 Å². The summed E-state index contributed by atoms with van der Waals surface area (Å²) in [5.41, 5.74) is 1.75. The van der Waals surface area contributed by atoms with Gasteiger partial charge in [0.05, 0.1) is 12.2 Å². The van der Waals surface area contributed by atoms with Gasteiger partial charge in [0.1, 0.15) is 12.4 Å². The van der Waals surface area contributed by atoms with E-state index in [4.69, 9.17) is 9.47 Å². The van der Waals surface area contributed by atoms with Crippen LogP contribution in [0.5, 0.6) is 6.01 Å². The molecule has 0 amide bonds. The highest BCUT2D eigenvalue weighted by atomic mass is 19.1. The van der Waals surface area contributed by atoms with Crippen LogP contribution >= 0.6 is 0 Å². The fourth-order valence-corrected chi connectivity index (χ4v) is 2.54. The first kappa shape index (κ1) is 18.7. The minimum Gasteiger partial charge on any atom is -0.460 e. The van der Waals surface area contributed by atoms with Gasteiger partial charge in [-0.15, -0.1) is 5.10 Å². The quantitative estimate of drug-likeness (QED) is 0.598. The molecule has 1 heterocycles. The van der Waals surface area contributed by atoms with Crippen molar-refractivity contribution in [3.05, 3.63) is 65.5 Å². The summed E-state index contributed by atoms with van der Waals surface area (Å²) in [7, 11) is 1.55. The number of aryl methyl sites for hydroxylation is 1. The van der Waals surface area contributed by atoms with Crippen molar-refractivity contribution in [2.75, 3.05) is 20.3 Å². The molecule has 0 aliphatic carbocycles. The van der Waals surface area contributed by atoms with Gasteiger partial charge in [-0.2, -0.15) is 9.67 Å². The molecule has 0 atom stereocenters. The summed E-state index contributed by atoms with van der Waals surface area (Å²) in [4.78, 5) is 17.2. The van der Waals surface area contributed by atoms with Crippen molar-refractivity contribution >= 4 is 5.91 Å². The number of carbonyl (C=O) groups is 1. The van der Waals surface area contributed by atoms with E-state index in [2.05, 4.69) is 17.0 Å². The number of methoxy groups -OCH3 is 1. The number of carbonyl (C=O) groups excluding carboxylic acids is 1. The predicted octanol–water partition coefficient (Wildman–Crippen LogP) is 3.36. The predicted molar refractivity (Wildman–Crippen MR) is 98.3 cm³/mol. The second kappa shape index (κ2) is 8.55. The molecule has 0 N–H and O–H groups in total. The standard InChI is InChI=1S/C20H20FN3O3/c1-3-14-8-10-15(11-9-14)18-22-20(27-13-12-26-2)23-24(18)19(25)16-6-4-5-7-17(16)21/h4-11H,3,12-13H2,1-2H3. The smallest absolute Gasteiger partial charge is 0.336 e. The van der Waals surface area contributed by atoms with E-state index in [1.54, 1.807) is 13.2 Å². The van der Waals surface area contributed by atoms with E-state index in [1.165, 1.54) is 18.2 Å². The largest absolute Gasteiger partial charge is 0.460 e. The average molecular weight is 369 g/mol. The molecule has 0 bridgehead atoms. The summed E-state index contributed by atoms with van der Waals surface area (Å²) in [6.07, 6.45) is 0.895. The number of hydrogen-bond acceptors (Lipinski definition) is 5. The Labute approximate surface area is 156 Å². The van der Waals surface area contributed by atoms with E-state index in [0.29, 0.717) is 18.0 Å². The number of rotatable bonds is 7. The zero-order valence-electron chi connectivity index (χ0n) is 15.2. The van der Waals surface area contributed by atoms with Crippen molar-refractivity contribution in [1.29, 1.82) is 0 Å². The van der Waals surface area contributed by atoms with Crippen molar-refractivity contribution in [3.8, 4) is 17.4 Å². The first-order chi connectivity index (χ1) is 13.1. The van der Waals surface area contributed by atoms with Crippen molar-refractivity contribution in [1.82, 2.24) is 14.8 Å². The van der Waals surface area contributed by atoms with Crippen molar-refractivity contribution < 1.29 is 18.7 Å². The van der Waals surface area contributed by atoms with Crippen molar-refractivity contribution in [3.63, 3.8) is 0 Å². The summed E-state index contributed by atoms with van der Waals surface area (Å²) >= 11 is 0. The van der Waals surface area contributed by atoms with Gasteiger partial charge in [-0.05, 0) is 24.1 Å². The van der Waals surface area contributed by atoms with E-state index in [9.17, 15) is 9.18 Å². The van der Waals surface area contributed by atoms with Crippen molar-refractivity contribution in [2.24, 2.45) is 0 Å². The minimum absolute atomic E-state index is 0.0336. The van der Waals surface area contributed by atoms with Gasteiger partial charge in [0.15, 0.2) is 5.82 Å². The number of aromatic nitrogens is 3. The lowest BCUT2D eigenvalue weighted by molar-refractivity contribution is 0.0939. The molecule has 0 fully saturated rings. The maximum Gasteiger partial charge on any atom is 0.336 e. The Balaban J connectivity index is 2.01. The molecule has 27 heavy (non-hydrogen) atoms. The number of benzene rings is 2. The van der Waals surface area contributed by atoms with E-state index >= 15 is 0 Å². The maximum atomic E-state index is 14.1. The summed E-state index contributed by atoms with van der Waals surface area (Å²) < 4.78 is 25.5. The highest BCUT2D eigenvalue weighted by Crippen LogP contribution is 2.22. The Hall–Kier alpha value is -3.06. The van der Waals surface area contributed by atoms with Crippen LogP contribution in [0, 0.1) is 5.82 Å². The highest BCUT2D eigenvalue weighted by Gasteiger charge is 2.22. The molecule has 140 valence electrons. The zero-order chi connectivity index (χ0) is 19.2. The molecule has 3 rings (SSSR count). The van der Waals surface area contributed by atoms with Gasteiger partial charge in [-0.25, -0.2) is 4.39 Å². The fraction of sp³-hybridized carbons (Fsp3) is 0.250. The molecule has 3 aromatic rings. The molecule has 0 saturated heterocycles. The van der Waals surface area contributed by atoms with Gasteiger partial charge >= 0.3 is 6.01 Å². The molecule has 1 aromatic heterocycles. The third-order valence-corrected chi connectivity index (χ3v) is 4.02. The Morgan fingerprint density at radius 2 is 1.85 bits per heavy atom. The molecule has 0 aliphatic rings. The van der Waals surface area contributed by atoms with Gasteiger partial charge < -0.3 is 9.47 Å². The van der Waals surface area contributed by atoms with Gasteiger partial charge in [-0.1, -0.05) is 43.3 Å². The minimum atomic E-state index is -0.618. The van der Waals surface area contributed by atoms with Crippen LogP contribution in [0.2, 0.25) is 0 Å². The average Bonchev–Trinajstić information content (AvgIpc) is 3.12. The van der Waals surface area contributed by atoms with Crippen LogP contribution in [0.4, 0.5) is 4.39 Å². The fourth-order valence-electron chi connectivity index (χ4n) is 2.54. The van der Waals surface area contributed by atoms with E-state index < -0.39 is 11.7 Å². The number of nitrogens with zero attached hydrogens (tertiary/aromatic N) is 3. The Morgan fingerprint density at radius 3 is 2.52 bits per heavy atom. The molecule has 0 unspecified atom stereocenters. The van der Waals surface area contributed by atoms with Gasteiger partial charge in [-0.3, -0.25) is 4.79 Å². The molecule has 0 radical (unpaired) electrons. The summed E-state index contributed by atoms with van der Waals surface area (Å²) in [5.74, 6) is -0.942. The van der Waals surface area contributed by atoms with Crippen molar-refractivity contribution in [2.45, 2.75) is 13.3 Å². The number of ether oxygens (including phenoxy) is 2. The van der Waals surface area contributed by atoms with Gasteiger partial charge in [0.2, 0.25) is 0 Å². The topological polar surface area (TPSA) is 66.2 Å². The molecular weight excluding hydrogens is 349 g/mol. The number of hydrogen-bond donors (Lipinski definition) is 0. The highest BCUT2D eigenvalue weighted by molar-refractivity contribution is 5.97. The third kappa shape index (κ3) is 4.20. The van der Waals surface area contributed by atoms with Gasteiger partial charge in [0.25, 0.3) is 5.91 Å². The Bertz CT molecular complexity index is 922. The molecule has 7 heteroatoms. The SMILES string of the molecule is CCc1ccc(-c2nc(OCCOC)nn2C(=O)c2ccccc2F)cc1. The first-order valence-electron chi connectivity index (χ1n) is 8.61. The monoisotopic (exact) mass is 369 g/mol. The first-order valence-corrected chi connectivity index (χ1v) is 8.61. The second-order valence-corrected chi connectivity index (χ2v) is 5.81. The molecule has 0 spiro atoms. The van der Waals surface area contributed by atoms with E-state index in [0.717, 1.165) is 16.7 Å². The molecule has 0 saturated carbocycles. The normalized spacial score (nSPS) is 10.8. The van der Waals surface area contributed by atoms with E-state index in [1.807, 2.05) is 24.3 Å². The zero-order valence-corrected chi connectivity index (χ0v) is 15.2. The van der Waals surface area contributed by atoms with Gasteiger partial charge in [0, 0.05) is 12.7 Å².